The predicted octanol–water partition coefficient (Wildman–Crippen LogP) is -1.70. The molecule has 0 aromatic carbocycles. The van der Waals surface area contributed by atoms with Crippen LogP contribution in [0.15, 0.2) is 0 Å². The van der Waals surface area contributed by atoms with Crippen LogP contribution in [0.4, 0.5) is 0 Å². The van der Waals surface area contributed by atoms with Gasteiger partial charge in [-0.1, -0.05) is 0 Å². The second kappa shape index (κ2) is 5.07. The number of rotatable bonds is 3. The van der Waals surface area contributed by atoms with Crippen LogP contribution in [-0.4, -0.2) is 63.2 Å². The van der Waals surface area contributed by atoms with E-state index >= 15 is 0 Å². The minimum absolute atomic E-state index is 0.309. The van der Waals surface area contributed by atoms with E-state index in [1.165, 1.54) is 0 Å². The van der Waals surface area contributed by atoms with Crippen LogP contribution >= 0.6 is 0 Å². The van der Waals surface area contributed by atoms with E-state index in [2.05, 4.69) is 0 Å². The van der Waals surface area contributed by atoms with Gasteiger partial charge in [-0.3, -0.25) is 0 Å². The van der Waals surface area contributed by atoms with Gasteiger partial charge in [-0.25, -0.2) is 4.79 Å². The zero-order valence-corrected chi connectivity index (χ0v) is 8.98. The van der Waals surface area contributed by atoms with Crippen molar-refractivity contribution in [2.24, 2.45) is 0 Å². The third kappa shape index (κ3) is 2.69. The van der Waals surface area contributed by atoms with Crippen molar-refractivity contribution in [3.05, 3.63) is 0 Å². The molecule has 4 N–H and O–H groups in total. The summed E-state index contributed by atoms with van der Waals surface area (Å²) in [5.41, 5.74) is 0. The molecule has 0 bridgehead atoms. The zero-order chi connectivity index (χ0) is 12.5. The quantitative estimate of drug-likeness (QED) is 0.461. The average molecular weight is 236 g/mol. The molecule has 1 heterocycles. The van der Waals surface area contributed by atoms with E-state index in [0.29, 0.717) is 0 Å². The number of aliphatic carboxylic acids is 1. The summed E-state index contributed by atoms with van der Waals surface area (Å²) in [5, 5.41) is 37.0. The van der Waals surface area contributed by atoms with Crippen molar-refractivity contribution in [2.45, 2.75) is 50.7 Å². The standard InChI is InChI=1S/C9H16O7/c1-3(2)15-9-6(12)4(10)5(11)7(16-9)8(13)14/h3-7,9-12H,1-2H3,(H,13,14)/t4?,5-,6+,7?,9+/m0/s1. The predicted molar refractivity (Wildman–Crippen MR) is 50.5 cm³/mol. The van der Waals surface area contributed by atoms with E-state index in [0.717, 1.165) is 0 Å². The molecule has 5 atom stereocenters. The van der Waals surface area contributed by atoms with E-state index < -0.39 is 36.7 Å². The Morgan fingerprint density at radius 2 is 1.75 bits per heavy atom. The first-order chi connectivity index (χ1) is 7.34. The van der Waals surface area contributed by atoms with Gasteiger partial charge in [-0.05, 0) is 13.8 Å². The fourth-order valence-corrected chi connectivity index (χ4v) is 1.43. The van der Waals surface area contributed by atoms with Gasteiger partial charge < -0.3 is 29.9 Å². The number of hydrogen-bond acceptors (Lipinski definition) is 6. The van der Waals surface area contributed by atoms with Crippen molar-refractivity contribution >= 4 is 5.97 Å². The number of hydrogen-bond donors (Lipinski definition) is 4. The van der Waals surface area contributed by atoms with Crippen LogP contribution < -0.4 is 0 Å². The highest BCUT2D eigenvalue weighted by atomic mass is 16.7. The lowest BCUT2D eigenvalue weighted by Crippen LogP contribution is -2.60. The SMILES string of the molecule is CC(C)O[C@@H]1OC(C(=O)O)[C@@H](O)C(O)[C@H]1O. The van der Waals surface area contributed by atoms with Crippen molar-refractivity contribution in [3.63, 3.8) is 0 Å². The smallest absolute Gasteiger partial charge is 0.335 e. The van der Waals surface area contributed by atoms with E-state index in [1.54, 1.807) is 13.8 Å². The van der Waals surface area contributed by atoms with Crippen molar-refractivity contribution in [1.82, 2.24) is 0 Å². The number of carboxylic acid groups (broad SMARTS) is 1. The van der Waals surface area contributed by atoms with E-state index in [-0.39, 0.29) is 6.10 Å². The highest BCUT2D eigenvalue weighted by molar-refractivity contribution is 5.73. The molecule has 7 nitrogen and oxygen atoms in total. The van der Waals surface area contributed by atoms with Crippen LogP contribution in [0.3, 0.4) is 0 Å². The molecule has 1 saturated heterocycles. The second-order valence-electron chi connectivity index (χ2n) is 3.92. The third-order valence-corrected chi connectivity index (χ3v) is 2.22. The Hall–Kier alpha value is -0.730. The van der Waals surface area contributed by atoms with Gasteiger partial charge in [-0.15, -0.1) is 0 Å². The first kappa shape index (κ1) is 13.3. The van der Waals surface area contributed by atoms with Gasteiger partial charge in [0.05, 0.1) is 6.10 Å². The first-order valence-electron chi connectivity index (χ1n) is 4.92. The van der Waals surface area contributed by atoms with Gasteiger partial charge in [0.25, 0.3) is 0 Å². The Morgan fingerprint density at radius 1 is 1.19 bits per heavy atom. The molecule has 16 heavy (non-hydrogen) atoms. The van der Waals surface area contributed by atoms with Crippen LogP contribution in [0.5, 0.6) is 0 Å². The monoisotopic (exact) mass is 236 g/mol. The van der Waals surface area contributed by atoms with Crippen LogP contribution in [-0.2, 0) is 14.3 Å². The summed E-state index contributed by atoms with van der Waals surface area (Å²) in [6, 6.07) is 0. The van der Waals surface area contributed by atoms with Crippen LogP contribution in [0.2, 0.25) is 0 Å². The number of carbonyl (C=O) groups is 1. The number of carboxylic acids is 1. The molecular formula is C9H16O7. The maximum atomic E-state index is 10.7. The molecule has 1 aliphatic rings. The van der Waals surface area contributed by atoms with E-state index in [4.69, 9.17) is 14.6 Å². The fraction of sp³-hybridized carbons (Fsp3) is 0.889. The highest BCUT2D eigenvalue weighted by Crippen LogP contribution is 2.23. The van der Waals surface area contributed by atoms with Crippen LogP contribution in [0, 0.1) is 0 Å². The van der Waals surface area contributed by atoms with Crippen LogP contribution in [0.1, 0.15) is 13.8 Å². The van der Waals surface area contributed by atoms with Gasteiger partial charge >= 0.3 is 5.97 Å². The highest BCUT2D eigenvalue weighted by Gasteiger charge is 2.47. The Balaban J connectivity index is 2.77. The minimum atomic E-state index is -1.68. The molecule has 0 aliphatic carbocycles. The minimum Gasteiger partial charge on any atom is -0.479 e. The fourth-order valence-electron chi connectivity index (χ4n) is 1.43. The van der Waals surface area contributed by atoms with Crippen LogP contribution in [0.25, 0.3) is 0 Å². The summed E-state index contributed by atoms with van der Waals surface area (Å²) in [5.74, 6) is -1.42. The van der Waals surface area contributed by atoms with Crippen molar-refractivity contribution in [1.29, 1.82) is 0 Å². The Bertz CT molecular complexity index is 254. The van der Waals surface area contributed by atoms with Gasteiger partial charge in [0, 0.05) is 0 Å². The lowest BCUT2D eigenvalue weighted by molar-refractivity contribution is -0.301. The number of ether oxygens (including phenoxy) is 2. The molecule has 0 spiro atoms. The number of aliphatic hydroxyl groups is 3. The molecule has 1 aliphatic heterocycles. The van der Waals surface area contributed by atoms with Crippen molar-refractivity contribution in [3.8, 4) is 0 Å². The molecule has 0 amide bonds. The maximum Gasteiger partial charge on any atom is 0.335 e. The zero-order valence-electron chi connectivity index (χ0n) is 8.98. The van der Waals surface area contributed by atoms with Crippen molar-refractivity contribution in [2.75, 3.05) is 0 Å². The molecule has 1 fully saturated rings. The third-order valence-electron chi connectivity index (χ3n) is 2.22. The summed E-state index contributed by atoms with van der Waals surface area (Å²) in [4.78, 5) is 10.7. The van der Waals surface area contributed by atoms with Crippen molar-refractivity contribution < 1.29 is 34.7 Å². The second-order valence-corrected chi connectivity index (χ2v) is 3.92. The molecule has 0 aromatic heterocycles. The lowest BCUT2D eigenvalue weighted by Gasteiger charge is -2.39. The summed E-state index contributed by atoms with van der Waals surface area (Å²) >= 11 is 0. The Morgan fingerprint density at radius 3 is 2.19 bits per heavy atom. The maximum absolute atomic E-state index is 10.7. The van der Waals surface area contributed by atoms with Gasteiger partial charge in [0.2, 0.25) is 0 Å². The molecule has 7 heteroatoms. The summed E-state index contributed by atoms with van der Waals surface area (Å²) in [6.45, 7) is 3.34. The number of aliphatic hydroxyl groups excluding tert-OH is 3. The molecule has 2 unspecified atom stereocenters. The molecule has 94 valence electrons. The topological polar surface area (TPSA) is 116 Å². The average Bonchev–Trinajstić information content (AvgIpc) is 2.18. The summed E-state index contributed by atoms with van der Waals surface area (Å²) in [7, 11) is 0. The molecule has 1 rings (SSSR count). The normalized spacial score (nSPS) is 40.0. The Kier molecular flexibility index (Phi) is 4.22. The van der Waals surface area contributed by atoms with E-state index in [9.17, 15) is 20.1 Å². The van der Waals surface area contributed by atoms with E-state index in [1.807, 2.05) is 0 Å². The molecule has 0 radical (unpaired) electrons. The Labute approximate surface area is 92.2 Å². The lowest BCUT2D eigenvalue weighted by atomic mass is 9.99. The molecule has 0 aromatic rings. The van der Waals surface area contributed by atoms with Gasteiger partial charge in [-0.2, -0.15) is 0 Å². The first-order valence-corrected chi connectivity index (χ1v) is 4.92. The summed E-state index contributed by atoms with van der Waals surface area (Å²) < 4.78 is 9.97. The van der Waals surface area contributed by atoms with Gasteiger partial charge in [0.15, 0.2) is 12.4 Å². The molecule has 0 saturated carbocycles. The largest absolute Gasteiger partial charge is 0.479 e. The molecular weight excluding hydrogens is 220 g/mol. The van der Waals surface area contributed by atoms with Gasteiger partial charge in [0.1, 0.15) is 18.3 Å². The summed E-state index contributed by atoms with van der Waals surface area (Å²) in [6.07, 6.45) is -7.95.